The zero-order chi connectivity index (χ0) is 13.8. The number of hydrogen-bond acceptors (Lipinski definition) is 4. The van der Waals surface area contributed by atoms with E-state index in [2.05, 4.69) is 21.2 Å². The SMILES string of the molecule is NC1CCCCCC1Nc1cc(Br)ccc1[N+](=O)[O-]. The van der Waals surface area contributed by atoms with Gasteiger partial charge in [-0.25, -0.2) is 0 Å². The maximum absolute atomic E-state index is 11.0. The van der Waals surface area contributed by atoms with Crippen LogP contribution in [-0.4, -0.2) is 17.0 Å². The molecular formula is C13H18BrN3O2. The molecule has 5 nitrogen and oxygen atoms in total. The Morgan fingerprint density at radius 1 is 1.32 bits per heavy atom. The molecule has 0 saturated heterocycles. The van der Waals surface area contributed by atoms with Crippen LogP contribution in [0, 0.1) is 10.1 Å². The highest BCUT2D eigenvalue weighted by Crippen LogP contribution is 2.30. The third-order valence-corrected chi connectivity index (χ3v) is 4.06. The molecule has 1 aliphatic rings. The molecule has 0 amide bonds. The summed E-state index contributed by atoms with van der Waals surface area (Å²) in [6.45, 7) is 0. The highest BCUT2D eigenvalue weighted by Gasteiger charge is 2.23. The fraction of sp³-hybridized carbons (Fsp3) is 0.538. The van der Waals surface area contributed by atoms with Gasteiger partial charge < -0.3 is 11.1 Å². The molecule has 1 saturated carbocycles. The summed E-state index contributed by atoms with van der Waals surface area (Å²) >= 11 is 3.35. The molecular weight excluding hydrogens is 310 g/mol. The van der Waals surface area contributed by atoms with Crippen molar-refractivity contribution in [2.75, 3.05) is 5.32 Å². The van der Waals surface area contributed by atoms with E-state index in [1.807, 2.05) is 0 Å². The Kier molecular flexibility index (Phi) is 4.76. The van der Waals surface area contributed by atoms with Crippen molar-refractivity contribution < 1.29 is 4.92 Å². The summed E-state index contributed by atoms with van der Waals surface area (Å²) in [6, 6.07) is 5.09. The molecule has 1 fully saturated rings. The second kappa shape index (κ2) is 6.34. The fourth-order valence-electron chi connectivity index (χ4n) is 2.50. The van der Waals surface area contributed by atoms with E-state index in [9.17, 15) is 10.1 Å². The Balaban J connectivity index is 2.21. The summed E-state index contributed by atoms with van der Waals surface area (Å²) in [7, 11) is 0. The lowest BCUT2D eigenvalue weighted by Crippen LogP contribution is -2.39. The minimum atomic E-state index is -0.364. The maximum Gasteiger partial charge on any atom is 0.292 e. The van der Waals surface area contributed by atoms with E-state index in [4.69, 9.17) is 5.73 Å². The van der Waals surface area contributed by atoms with E-state index in [1.54, 1.807) is 12.1 Å². The summed E-state index contributed by atoms with van der Waals surface area (Å²) in [5.41, 5.74) is 6.79. The van der Waals surface area contributed by atoms with Crippen molar-refractivity contribution >= 4 is 27.3 Å². The van der Waals surface area contributed by atoms with Crippen LogP contribution in [0.1, 0.15) is 32.1 Å². The molecule has 2 unspecified atom stereocenters. The van der Waals surface area contributed by atoms with Gasteiger partial charge in [0.15, 0.2) is 0 Å². The van der Waals surface area contributed by atoms with E-state index in [-0.39, 0.29) is 22.7 Å². The number of nitrogens with two attached hydrogens (primary N) is 1. The number of anilines is 1. The first-order chi connectivity index (χ1) is 9.08. The van der Waals surface area contributed by atoms with Crippen molar-refractivity contribution in [3.8, 4) is 0 Å². The first kappa shape index (κ1) is 14.3. The summed E-state index contributed by atoms with van der Waals surface area (Å²) < 4.78 is 0.822. The Morgan fingerprint density at radius 3 is 2.79 bits per heavy atom. The number of rotatable bonds is 3. The highest BCUT2D eigenvalue weighted by atomic mass is 79.9. The maximum atomic E-state index is 11.0. The summed E-state index contributed by atoms with van der Waals surface area (Å²) in [5.74, 6) is 0. The van der Waals surface area contributed by atoms with Gasteiger partial charge in [0.2, 0.25) is 0 Å². The van der Waals surface area contributed by atoms with Crippen molar-refractivity contribution in [2.24, 2.45) is 5.73 Å². The molecule has 1 aliphatic carbocycles. The summed E-state index contributed by atoms with van der Waals surface area (Å²) in [6.07, 6.45) is 5.38. The Hall–Kier alpha value is -1.14. The second-order valence-corrected chi connectivity index (χ2v) is 5.89. The molecule has 104 valence electrons. The second-order valence-electron chi connectivity index (χ2n) is 4.97. The third kappa shape index (κ3) is 3.67. The predicted octanol–water partition coefficient (Wildman–Crippen LogP) is 3.43. The van der Waals surface area contributed by atoms with Crippen LogP contribution in [0.4, 0.5) is 11.4 Å². The van der Waals surface area contributed by atoms with Gasteiger partial charge in [0, 0.05) is 22.6 Å². The first-order valence-corrected chi connectivity index (χ1v) is 7.33. The highest BCUT2D eigenvalue weighted by molar-refractivity contribution is 9.10. The van der Waals surface area contributed by atoms with Crippen LogP contribution in [0.15, 0.2) is 22.7 Å². The smallest absolute Gasteiger partial charge is 0.292 e. The van der Waals surface area contributed by atoms with Gasteiger partial charge in [0.1, 0.15) is 5.69 Å². The van der Waals surface area contributed by atoms with E-state index in [0.717, 1.165) is 30.2 Å². The van der Waals surface area contributed by atoms with Crippen molar-refractivity contribution in [3.05, 3.63) is 32.8 Å². The van der Waals surface area contributed by atoms with Gasteiger partial charge in [-0.15, -0.1) is 0 Å². The lowest BCUT2D eigenvalue weighted by atomic mass is 10.0. The van der Waals surface area contributed by atoms with Crippen LogP contribution >= 0.6 is 15.9 Å². The Labute approximate surface area is 120 Å². The molecule has 1 aromatic rings. The number of nitro groups is 1. The summed E-state index contributed by atoms with van der Waals surface area (Å²) in [4.78, 5) is 10.7. The number of halogens is 1. The zero-order valence-corrected chi connectivity index (χ0v) is 12.2. The monoisotopic (exact) mass is 327 g/mol. The number of hydrogen-bond donors (Lipinski definition) is 2. The normalized spacial score (nSPS) is 23.7. The van der Waals surface area contributed by atoms with Crippen LogP contribution in [0.3, 0.4) is 0 Å². The average Bonchev–Trinajstić information content (AvgIpc) is 2.55. The van der Waals surface area contributed by atoms with E-state index >= 15 is 0 Å². The molecule has 0 heterocycles. The number of nitrogens with one attached hydrogen (secondary N) is 1. The summed E-state index contributed by atoms with van der Waals surface area (Å²) in [5, 5.41) is 14.3. The number of nitrogens with zero attached hydrogens (tertiary/aromatic N) is 1. The largest absolute Gasteiger partial charge is 0.375 e. The zero-order valence-electron chi connectivity index (χ0n) is 10.6. The number of nitro benzene ring substituents is 1. The third-order valence-electron chi connectivity index (χ3n) is 3.57. The molecule has 2 atom stereocenters. The van der Waals surface area contributed by atoms with E-state index in [0.29, 0.717) is 5.69 Å². The van der Waals surface area contributed by atoms with Gasteiger partial charge >= 0.3 is 0 Å². The molecule has 3 N–H and O–H groups in total. The molecule has 0 aromatic heterocycles. The van der Waals surface area contributed by atoms with Gasteiger partial charge in [-0.3, -0.25) is 10.1 Å². The van der Waals surface area contributed by atoms with Crippen molar-refractivity contribution in [1.82, 2.24) is 0 Å². The average molecular weight is 328 g/mol. The molecule has 19 heavy (non-hydrogen) atoms. The van der Waals surface area contributed by atoms with E-state index in [1.165, 1.54) is 12.5 Å². The van der Waals surface area contributed by atoms with Gasteiger partial charge in [0.05, 0.1) is 4.92 Å². The molecule has 6 heteroatoms. The Morgan fingerprint density at radius 2 is 2.05 bits per heavy atom. The van der Waals surface area contributed by atoms with Gasteiger partial charge in [0.25, 0.3) is 5.69 Å². The predicted molar refractivity (Wildman–Crippen MR) is 79.3 cm³/mol. The molecule has 1 aromatic carbocycles. The molecule has 0 spiro atoms. The van der Waals surface area contributed by atoms with Crippen LogP contribution in [0.5, 0.6) is 0 Å². The van der Waals surface area contributed by atoms with Crippen LogP contribution < -0.4 is 11.1 Å². The minimum Gasteiger partial charge on any atom is -0.375 e. The van der Waals surface area contributed by atoms with Crippen molar-refractivity contribution in [1.29, 1.82) is 0 Å². The lowest BCUT2D eigenvalue weighted by molar-refractivity contribution is -0.384. The Bertz CT molecular complexity index is 467. The van der Waals surface area contributed by atoms with Gasteiger partial charge in [-0.1, -0.05) is 35.2 Å². The van der Waals surface area contributed by atoms with E-state index < -0.39 is 0 Å². The topological polar surface area (TPSA) is 81.2 Å². The quantitative estimate of drug-likeness (QED) is 0.506. The van der Waals surface area contributed by atoms with Gasteiger partial charge in [-0.2, -0.15) is 0 Å². The molecule has 0 bridgehead atoms. The fourth-order valence-corrected chi connectivity index (χ4v) is 2.86. The molecule has 0 aliphatic heterocycles. The molecule has 0 radical (unpaired) electrons. The van der Waals surface area contributed by atoms with Gasteiger partial charge in [-0.05, 0) is 25.0 Å². The van der Waals surface area contributed by atoms with Crippen molar-refractivity contribution in [2.45, 2.75) is 44.2 Å². The standard InChI is InChI=1S/C13H18BrN3O2/c14-9-6-7-13(17(18)19)12(8-9)16-11-5-3-1-2-4-10(11)15/h6-8,10-11,16H,1-5,15H2. The van der Waals surface area contributed by atoms with Crippen LogP contribution in [0.2, 0.25) is 0 Å². The molecule has 2 rings (SSSR count). The minimum absolute atomic E-state index is 0.0566. The lowest BCUT2D eigenvalue weighted by Gasteiger charge is -2.23. The first-order valence-electron chi connectivity index (χ1n) is 6.54. The van der Waals surface area contributed by atoms with Crippen molar-refractivity contribution in [3.63, 3.8) is 0 Å². The number of benzene rings is 1. The van der Waals surface area contributed by atoms with Crippen LogP contribution in [-0.2, 0) is 0 Å². The van der Waals surface area contributed by atoms with Crippen LogP contribution in [0.25, 0.3) is 0 Å².